The zero-order valence-electron chi connectivity index (χ0n) is 11.9. The van der Waals surface area contributed by atoms with Crippen molar-refractivity contribution in [1.82, 2.24) is 9.80 Å². The minimum absolute atomic E-state index is 0.333. The molecule has 1 amide bonds. The summed E-state index contributed by atoms with van der Waals surface area (Å²) in [5, 5.41) is 0. The third kappa shape index (κ3) is 3.12. The third-order valence-electron chi connectivity index (χ3n) is 4.14. The van der Waals surface area contributed by atoms with Gasteiger partial charge in [0.2, 0.25) is 5.91 Å². The molecule has 3 heterocycles. The van der Waals surface area contributed by atoms with Gasteiger partial charge in [-0.1, -0.05) is 6.08 Å². The predicted octanol–water partition coefficient (Wildman–Crippen LogP) is 2.38. The van der Waals surface area contributed by atoms with Gasteiger partial charge in [-0.05, 0) is 31.4 Å². The van der Waals surface area contributed by atoms with Crippen molar-refractivity contribution in [3.05, 3.63) is 30.2 Å². The minimum Gasteiger partial charge on any atom is -0.465 e. The second-order valence-corrected chi connectivity index (χ2v) is 5.61. The summed E-state index contributed by atoms with van der Waals surface area (Å²) in [7, 11) is 0. The first-order valence-corrected chi connectivity index (χ1v) is 7.56. The van der Waals surface area contributed by atoms with Crippen LogP contribution in [0.25, 0.3) is 5.57 Å². The third-order valence-corrected chi connectivity index (χ3v) is 4.14. The Hall–Kier alpha value is -1.55. The molecule has 20 heavy (non-hydrogen) atoms. The van der Waals surface area contributed by atoms with Gasteiger partial charge in [0.15, 0.2) is 0 Å². The summed E-state index contributed by atoms with van der Waals surface area (Å²) < 4.78 is 5.47. The van der Waals surface area contributed by atoms with E-state index in [1.54, 1.807) is 6.26 Å². The fraction of sp³-hybridized carbons (Fsp3) is 0.562. The lowest BCUT2D eigenvalue weighted by molar-refractivity contribution is -0.127. The smallest absolute Gasteiger partial charge is 0.222 e. The Kier molecular flexibility index (Phi) is 4.21. The van der Waals surface area contributed by atoms with Crippen LogP contribution < -0.4 is 0 Å². The molecular formula is C16H22N2O2. The molecule has 0 bridgehead atoms. The van der Waals surface area contributed by atoms with Crippen molar-refractivity contribution in [3.63, 3.8) is 0 Å². The summed E-state index contributed by atoms with van der Waals surface area (Å²) >= 11 is 0. The van der Waals surface area contributed by atoms with Crippen LogP contribution in [-0.2, 0) is 4.79 Å². The maximum atomic E-state index is 11.6. The van der Waals surface area contributed by atoms with E-state index in [-0.39, 0.29) is 0 Å². The van der Waals surface area contributed by atoms with E-state index in [0.29, 0.717) is 5.91 Å². The zero-order chi connectivity index (χ0) is 13.8. The molecular weight excluding hydrogens is 252 g/mol. The molecule has 108 valence electrons. The number of likely N-dealkylation sites (tertiary alicyclic amines) is 1. The average molecular weight is 274 g/mol. The summed E-state index contributed by atoms with van der Waals surface area (Å²) in [4.78, 5) is 16.0. The molecule has 3 rings (SSSR count). The van der Waals surface area contributed by atoms with E-state index in [4.69, 9.17) is 4.42 Å². The van der Waals surface area contributed by atoms with Crippen molar-refractivity contribution in [2.75, 3.05) is 32.7 Å². The van der Waals surface area contributed by atoms with Crippen molar-refractivity contribution in [1.29, 1.82) is 0 Å². The molecule has 2 aliphatic heterocycles. The topological polar surface area (TPSA) is 36.7 Å². The van der Waals surface area contributed by atoms with Gasteiger partial charge in [-0.15, -0.1) is 0 Å². The fourth-order valence-electron chi connectivity index (χ4n) is 3.06. The molecule has 0 spiro atoms. The number of carbonyl (C=O) groups excluding carboxylic acids is 1. The van der Waals surface area contributed by atoms with Crippen LogP contribution in [0.4, 0.5) is 0 Å². The molecule has 4 heteroatoms. The average Bonchev–Trinajstić information content (AvgIpc) is 3.12. The van der Waals surface area contributed by atoms with Crippen LogP contribution in [0.15, 0.2) is 28.9 Å². The maximum absolute atomic E-state index is 11.6. The lowest BCUT2D eigenvalue weighted by Gasteiger charge is -2.27. The highest BCUT2D eigenvalue weighted by molar-refractivity contribution is 5.78. The molecule has 1 aromatic rings. The van der Waals surface area contributed by atoms with E-state index in [1.165, 1.54) is 5.57 Å². The van der Waals surface area contributed by atoms with E-state index < -0.39 is 0 Å². The van der Waals surface area contributed by atoms with Crippen LogP contribution in [0.3, 0.4) is 0 Å². The highest BCUT2D eigenvalue weighted by Crippen LogP contribution is 2.21. The van der Waals surface area contributed by atoms with Gasteiger partial charge in [-0.3, -0.25) is 9.69 Å². The van der Waals surface area contributed by atoms with E-state index in [9.17, 15) is 4.79 Å². The second kappa shape index (κ2) is 6.27. The zero-order valence-corrected chi connectivity index (χ0v) is 11.9. The van der Waals surface area contributed by atoms with Crippen LogP contribution in [0, 0.1) is 0 Å². The second-order valence-electron chi connectivity index (χ2n) is 5.61. The first-order chi connectivity index (χ1) is 9.83. The number of nitrogens with zero attached hydrogens (tertiary/aromatic N) is 2. The van der Waals surface area contributed by atoms with E-state index in [0.717, 1.165) is 64.2 Å². The van der Waals surface area contributed by atoms with Gasteiger partial charge in [0.1, 0.15) is 5.76 Å². The summed E-state index contributed by atoms with van der Waals surface area (Å²) in [5.74, 6) is 1.32. The van der Waals surface area contributed by atoms with Gasteiger partial charge < -0.3 is 9.32 Å². The van der Waals surface area contributed by atoms with Crippen LogP contribution >= 0.6 is 0 Å². The first kappa shape index (κ1) is 13.4. The van der Waals surface area contributed by atoms with Crippen LogP contribution in [0.1, 0.15) is 31.4 Å². The SMILES string of the molecule is O=C1CCCN1CCCN1CCC=C(c2ccco2)C1. The molecule has 0 unspecified atom stereocenters. The maximum Gasteiger partial charge on any atom is 0.222 e. The van der Waals surface area contributed by atoms with Crippen molar-refractivity contribution in [2.45, 2.75) is 25.7 Å². The van der Waals surface area contributed by atoms with Gasteiger partial charge in [0.05, 0.1) is 6.26 Å². The van der Waals surface area contributed by atoms with Gasteiger partial charge in [0, 0.05) is 44.7 Å². The molecule has 0 aliphatic carbocycles. The van der Waals surface area contributed by atoms with Crippen molar-refractivity contribution in [3.8, 4) is 0 Å². The first-order valence-electron chi connectivity index (χ1n) is 7.56. The Morgan fingerprint density at radius 1 is 1.25 bits per heavy atom. The summed E-state index contributed by atoms with van der Waals surface area (Å²) in [5.41, 5.74) is 1.29. The van der Waals surface area contributed by atoms with E-state index in [2.05, 4.69) is 11.0 Å². The number of furan rings is 1. The van der Waals surface area contributed by atoms with Crippen molar-refractivity contribution in [2.24, 2.45) is 0 Å². The number of rotatable bonds is 5. The predicted molar refractivity (Wildman–Crippen MR) is 78.2 cm³/mol. The van der Waals surface area contributed by atoms with Gasteiger partial charge in [-0.2, -0.15) is 0 Å². The number of amides is 1. The van der Waals surface area contributed by atoms with Crippen LogP contribution in [0.5, 0.6) is 0 Å². The van der Waals surface area contributed by atoms with E-state index in [1.807, 2.05) is 17.0 Å². The summed E-state index contributed by atoms with van der Waals surface area (Å²) in [6, 6.07) is 3.96. The summed E-state index contributed by atoms with van der Waals surface area (Å²) in [6.45, 7) is 4.99. The molecule has 0 radical (unpaired) electrons. The molecule has 4 nitrogen and oxygen atoms in total. The van der Waals surface area contributed by atoms with Gasteiger partial charge in [0.25, 0.3) is 0 Å². The molecule has 0 saturated carbocycles. The molecule has 0 atom stereocenters. The number of hydrogen-bond donors (Lipinski definition) is 0. The van der Waals surface area contributed by atoms with Crippen molar-refractivity contribution >= 4 is 11.5 Å². The Labute approximate surface area is 120 Å². The highest BCUT2D eigenvalue weighted by Gasteiger charge is 2.20. The Bertz CT molecular complexity index is 479. The molecule has 2 aliphatic rings. The lowest BCUT2D eigenvalue weighted by Crippen LogP contribution is -2.33. The number of hydrogen-bond acceptors (Lipinski definition) is 3. The van der Waals surface area contributed by atoms with Gasteiger partial charge >= 0.3 is 0 Å². The van der Waals surface area contributed by atoms with Crippen molar-refractivity contribution < 1.29 is 9.21 Å². The molecule has 1 fully saturated rings. The molecule has 1 saturated heterocycles. The Morgan fingerprint density at radius 2 is 2.20 bits per heavy atom. The molecule has 1 aromatic heterocycles. The quantitative estimate of drug-likeness (QED) is 0.827. The van der Waals surface area contributed by atoms with Gasteiger partial charge in [-0.25, -0.2) is 0 Å². The Morgan fingerprint density at radius 3 is 2.95 bits per heavy atom. The number of carbonyl (C=O) groups is 1. The standard InChI is InChI=1S/C16H22N2O2/c19-16-7-2-10-18(16)11-4-9-17-8-1-5-14(13-17)15-6-3-12-20-15/h3,5-6,12H,1-2,4,7-11,13H2. The highest BCUT2D eigenvalue weighted by atomic mass is 16.3. The minimum atomic E-state index is 0.333. The van der Waals surface area contributed by atoms with Crippen LogP contribution in [-0.4, -0.2) is 48.4 Å². The molecule has 0 aromatic carbocycles. The monoisotopic (exact) mass is 274 g/mol. The van der Waals surface area contributed by atoms with Crippen LogP contribution in [0.2, 0.25) is 0 Å². The molecule has 0 N–H and O–H groups in total. The fourth-order valence-corrected chi connectivity index (χ4v) is 3.06. The van der Waals surface area contributed by atoms with E-state index >= 15 is 0 Å². The normalized spacial score (nSPS) is 20.5. The summed E-state index contributed by atoms with van der Waals surface area (Å²) in [6.07, 6.45) is 7.94. The Balaban J connectivity index is 1.45. The lowest BCUT2D eigenvalue weighted by atomic mass is 10.1. The largest absolute Gasteiger partial charge is 0.465 e.